The third-order valence-electron chi connectivity index (χ3n) is 5.38. The minimum atomic E-state index is -0.0453. The molecule has 2 heterocycles. The molecule has 0 radical (unpaired) electrons. The molecule has 0 saturated carbocycles. The fourth-order valence-corrected chi connectivity index (χ4v) is 3.66. The van der Waals surface area contributed by atoms with E-state index in [1.54, 1.807) is 0 Å². The lowest BCUT2D eigenvalue weighted by atomic mass is 9.90. The van der Waals surface area contributed by atoms with Gasteiger partial charge in [0.15, 0.2) is 0 Å². The van der Waals surface area contributed by atoms with Crippen LogP contribution in [0.3, 0.4) is 0 Å². The number of ketones is 1. The number of rotatable bonds is 5. The molecule has 27 heavy (non-hydrogen) atoms. The molecule has 0 N–H and O–H groups in total. The van der Waals surface area contributed by atoms with E-state index < -0.39 is 0 Å². The van der Waals surface area contributed by atoms with Gasteiger partial charge in [-0.05, 0) is 51.7 Å². The number of aryl methyl sites for hydroxylation is 1. The Kier molecular flexibility index (Phi) is 5.83. The van der Waals surface area contributed by atoms with Gasteiger partial charge < -0.3 is 9.47 Å². The van der Waals surface area contributed by atoms with E-state index in [0.29, 0.717) is 18.5 Å². The smallest absolute Gasteiger partial charge is 0.255 e. The summed E-state index contributed by atoms with van der Waals surface area (Å²) in [6.07, 6.45) is 6.99. The third-order valence-corrected chi connectivity index (χ3v) is 5.38. The lowest BCUT2D eigenvalue weighted by Gasteiger charge is -2.32. The maximum absolute atomic E-state index is 12.9. The van der Waals surface area contributed by atoms with Crippen LogP contribution in [0.15, 0.2) is 48.8 Å². The van der Waals surface area contributed by atoms with Crippen molar-refractivity contribution in [3.8, 4) is 0 Å². The van der Waals surface area contributed by atoms with Gasteiger partial charge in [0, 0.05) is 43.4 Å². The van der Waals surface area contributed by atoms with Gasteiger partial charge in [0.1, 0.15) is 5.78 Å². The first-order valence-corrected chi connectivity index (χ1v) is 9.89. The summed E-state index contributed by atoms with van der Waals surface area (Å²) in [6, 6.07) is 12.0. The Bertz CT molecular complexity index is 786. The highest BCUT2D eigenvalue weighted by Crippen LogP contribution is 2.22. The van der Waals surface area contributed by atoms with E-state index in [9.17, 15) is 9.59 Å². The molecule has 1 fully saturated rings. The highest BCUT2D eigenvalue weighted by atomic mass is 16.2. The highest BCUT2D eigenvalue weighted by molar-refractivity contribution is 5.94. The molecule has 3 rings (SSSR count). The second-order valence-electron chi connectivity index (χ2n) is 8.52. The molecule has 1 aliphatic rings. The van der Waals surface area contributed by atoms with Crippen LogP contribution in [0.1, 0.15) is 56.0 Å². The number of hydrogen-bond donors (Lipinski definition) is 0. The third kappa shape index (κ3) is 4.88. The van der Waals surface area contributed by atoms with Gasteiger partial charge in [-0.1, -0.05) is 30.3 Å². The SMILES string of the molecule is CC(C)(C)n1ccc(C(=O)N2CCC[C@@H](C(=O)CCc3ccccc3)C2)c1. The van der Waals surface area contributed by atoms with E-state index >= 15 is 0 Å². The Morgan fingerprint density at radius 3 is 2.52 bits per heavy atom. The van der Waals surface area contributed by atoms with Crippen LogP contribution in [0.5, 0.6) is 0 Å². The summed E-state index contributed by atoms with van der Waals surface area (Å²) in [6.45, 7) is 7.63. The van der Waals surface area contributed by atoms with Gasteiger partial charge >= 0.3 is 0 Å². The molecule has 0 aliphatic carbocycles. The monoisotopic (exact) mass is 366 g/mol. The maximum Gasteiger partial charge on any atom is 0.255 e. The number of carbonyl (C=O) groups is 2. The Morgan fingerprint density at radius 1 is 1.11 bits per heavy atom. The van der Waals surface area contributed by atoms with Crippen molar-refractivity contribution in [2.24, 2.45) is 5.92 Å². The molecule has 0 unspecified atom stereocenters. The quantitative estimate of drug-likeness (QED) is 0.792. The topological polar surface area (TPSA) is 42.3 Å². The lowest BCUT2D eigenvalue weighted by Crippen LogP contribution is -2.42. The van der Waals surface area contributed by atoms with Crippen LogP contribution in [0, 0.1) is 5.92 Å². The van der Waals surface area contributed by atoms with Crippen molar-refractivity contribution in [1.82, 2.24) is 9.47 Å². The van der Waals surface area contributed by atoms with Gasteiger partial charge in [0.2, 0.25) is 0 Å². The number of amides is 1. The van der Waals surface area contributed by atoms with Crippen LogP contribution in [-0.4, -0.2) is 34.2 Å². The number of Topliss-reactive ketones (excluding diaryl/α,β-unsaturated/α-hetero) is 1. The minimum absolute atomic E-state index is 0.0314. The van der Waals surface area contributed by atoms with E-state index in [4.69, 9.17) is 0 Å². The largest absolute Gasteiger partial charge is 0.348 e. The summed E-state index contributed by atoms with van der Waals surface area (Å²) in [4.78, 5) is 27.4. The molecule has 1 aromatic heterocycles. The molecular formula is C23H30N2O2. The van der Waals surface area contributed by atoms with Crippen molar-refractivity contribution in [3.05, 3.63) is 59.9 Å². The van der Waals surface area contributed by atoms with E-state index in [2.05, 4.69) is 37.5 Å². The number of nitrogens with zero attached hydrogens (tertiary/aromatic N) is 2. The standard InChI is InChI=1S/C23H30N2O2/c1-23(2,3)25-15-13-20(17-25)22(27)24-14-7-10-19(16-24)21(26)12-11-18-8-5-4-6-9-18/h4-6,8-9,13,15,17,19H,7,10-12,14,16H2,1-3H3/t19-/m1/s1. The molecule has 1 saturated heterocycles. The molecule has 1 aromatic carbocycles. The van der Waals surface area contributed by atoms with Crippen molar-refractivity contribution < 1.29 is 9.59 Å². The Morgan fingerprint density at radius 2 is 1.85 bits per heavy atom. The average molecular weight is 367 g/mol. The van der Waals surface area contributed by atoms with Crippen LogP contribution in [0.4, 0.5) is 0 Å². The van der Waals surface area contributed by atoms with Crippen molar-refractivity contribution in [3.63, 3.8) is 0 Å². The summed E-state index contributed by atoms with van der Waals surface area (Å²) < 4.78 is 2.06. The number of carbonyl (C=O) groups excluding carboxylic acids is 2. The van der Waals surface area contributed by atoms with Gasteiger partial charge in [-0.3, -0.25) is 9.59 Å². The predicted octanol–water partition coefficient (Wildman–Crippen LogP) is 4.30. The predicted molar refractivity (Wildman–Crippen MR) is 108 cm³/mol. The van der Waals surface area contributed by atoms with E-state index in [0.717, 1.165) is 25.8 Å². The van der Waals surface area contributed by atoms with Crippen molar-refractivity contribution in [2.75, 3.05) is 13.1 Å². The first kappa shape index (κ1) is 19.4. The minimum Gasteiger partial charge on any atom is -0.348 e. The van der Waals surface area contributed by atoms with Gasteiger partial charge in [-0.25, -0.2) is 0 Å². The molecule has 0 bridgehead atoms. The summed E-state index contributed by atoms with van der Waals surface area (Å²) in [5.41, 5.74) is 1.86. The number of benzene rings is 1. The normalized spacial score (nSPS) is 17.7. The maximum atomic E-state index is 12.9. The van der Waals surface area contributed by atoms with Gasteiger partial charge in [-0.15, -0.1) is 0 Å². The average Bonchev–Trinajstić information content (AvgIpc) is 3.17. The van der Waals surface area contributed by atoms with Crippen molar-refractivity contribution in [1.29, 1.82) is 0 Å². The van der Waals surface area contributed by atoms with Crippen LogP contribution >= 0.6 is 0 Å². The van der Waals surface area contributed by atoms with E-state index in [1.165, 1.54) is 5.56 Å². The number of aromatic nitrogens is 1. The molecule has 4 heteroatoms. The summed E-state index contributed by atoms with van der Waals surface area (Å²) in [7, 11) is 0. The van der Waals surface area contributed by atoms with Crippen molar-refractivity contribution in [2.45, 2.75) is 52.0 Å². The fraction of sp³-hybridized carbons (Fsp3) is 0.478. The lowest BCUT2D eigenvalue weighted by molar-refractivity contribution is -0.124. The molecule has 1 amide bonds. The molecule has 2 aromatic rings. The molecule has 4 nitrogen and oxygen atoms in total. The second-order valence-corrected chi connectivity index (χ2v) is 8.52. The van der Waals surface area contributed by atoms with Gasteiger partial charge in [-0.2, -0.15) is 0 Å². The zero-order chi connectivity index (χ0) is 19.4. The Balaban J connectivity index is 1.59. The highest BCUT2D eigenvalue weighted by Gasteiger charge is 2.29. The zero-order valence-corrected chi connectivity index (χ0v) is 16.6. The van der Waals surface area contributed by atoms with Gasteiger partial charge in [0.25, 0.3) is 5.91 Å². The molecule has 144 valence electrons. The molecular weight excluding hydrogens is 336 g/mol. The molecule has 1 atom stereocenters. The van der Waals surface area contributed by atoms with Gasteiger partial charge in [0.05, 0.1) is 5.56 Å². The van der Waals surface area contributed by atoms with Crippen LogP contribution in [-0.2, 0) is 16.8 Å². The van der Waals surface area contributed by atoms with Crippen LogP contribution in [0.2, 0.25) is 0 Å². The van der Waals surface area contributed by atoms with Crippen LogP contribution < -0.4 is 0 Å². The first-order chi connectivity index (χ1) is 12.8. The Labute approximate surface area is 162 Å². The zero-order valence-electron chi connectivity index (χ0n) is 16.6. The fourth-order valence-electron chi connectivity index (χ4n) is 3.66. The number of piperidine rings is 1. The second kappa shape index (κ2) is 8.12. The molecule has 0 spiro atoms. The Hall–Kier alpha value is -2.36. The number of likely N-dealkylation sites (tertiary alicyclic amines) is 1. The van der Waals surface area contributed by atoms with E-state index in [1.807, 2.05) is 41.6 Å². The van der Waals surface area contributed by atoms with E-state index in [-0.39, 0.29) is 23.1 Å². The summed E-state index contributed by atoms with van der Waals surface area (Å²) in [5, 5.41) is 0. The van der Waals surface area contributed by atoms with Crippen molar-refractivity contribution >= 4 is 11.7 Å². The summed E-state index contributed by atoms with van der Waals surface area (Å²) >= 11 is 0. The summed E-state index contributed by atoms with van der Waals surface area (Å²) in [5.74, 6) is 0.290. The number of hydrogen-bond acceptors (Lipinski definition) is 2. The first-order valence-electron chi connectivity index (χ1n) is 9.89. The van der Waals surface area contributed by atoms with Crippen LogP contribution in [0.25, 0.3) is 0 Å². The molecule has 1 aliphatic heterocycles.